The Hall–Kier alpha value is -1.92. The van der Waals surface area contributed by atoms with Gasteiger partial charge in [0.25, 0.3) is 6.43 Å². The molecule has 0 bridgehead atoms. The fourth-order valence-corrected chi connectivity index (χ4v) is 3.35. The van der Waals surface area contributed by atoms with Crippen molar-refractivity contribution in [1.82, 2.24) is 9.88 Å². The first-order valence-electron chi connectivity index (χ1n) is 7.36. The number of aromatic nitrogens is 1. The van der Waals surface area contributed by atoms with Crippen molar-refractivity contribution in [2.24, 2.45) is 5.41 Å². The lowest BCUT2D eigenvalue weighted by atomic mass is 9.61. The number of alkyl halides is 2. The molecular formula is C15H18F2N2O3. The minimum atomic E-state index is -2.57. The second-order valence-electron chi connectivity index (χ2n) is 6.14. The molecule has 1 amide bonds. The molecule has 2 heterocycles. The lowest BCUT2D eigenvalue weighted by Crippen LogP contribution is -2.51. The topological polar surface area (TPSA) is 62.7 Å². The predicted octanol–water partition coefficient (Wildman–Crippen LogP) is 3.32. The summed E-state index contributed by atoms with van der Waals surface area (Å²) in [5, 5.41) is 8.95. The number of carboxylic acid groups (broad SMARTS) is 1. The zero-order chi connectivity index (χ0) is 15.7. The molecular weight excluding hydrogens is 294 g/mol. The van der Waals surface area contributed by atoms with E-state index in [1.54, 1.807) is 0 Å². The second-order valence-corrected chi connectivity index (χ2v) is 6.14. The molecule has 0 unspecified atom stereocenters. The molecule has 2 aliphatic rings. The SMILES string of the molecule is O=C(O)N1CCC2(CC1)CC(Oc1ccc(C(F)F)nc1)C2. The van der Waals surface area contributed by atoms with Crippen molar-refractivity contribution >= 4 is 6.09 Å². The molecule has 1 saturated carbocycles. The molecule has 1 aliphatic heterocycles. The molecule has 3 rings (SSSR count). The third kappa shape index (κ3) is 2.98. The standard InChI is InChI=1S/C15H18F2N2O3/c16-13(17)12-2-1-10(9-18-12)22-11-7-15(8-11)3-5-19(6-4-15)14(20)21/h1-2,9,11,13H,3-8H2,(H,20,21). The van der Waals surface area contributed by atoms with Gasteiger partial charge in [-0.25, -0.2) is 13.6 Å². The number of ether oxygens (including phenoxy) is 1. The number of piperidine rings is 1. The van der Waals surface area contributed by atoms with Crippen molar-refractivity contribution in [3.63, 3.8) is 0 Å². The van der Waals surface area contributed by atoms with E-state index in [9.17, 15) is 13.6 Å². The van der Waals surface area contributed by atoms with Crippen molar-refractivity contribution in [3.8, 4) is 5.75 Å². The molecule has 7 heteroatoms. The van der Waals surface area contributed by atoms with Gasteiger partial charge in [-0.05, 0) is 43.2 Å². The molecule has 0 atom stereocenters. The minimum absolute atomic E-state index is 0.0654. The van der Waals surface area contributed by atoms with Crippen molar-refractivity contribution in [2.45, 2.75) is 38.2 Å². The van der Waals surface area contributed by atoms with E-state index in [1.807, 2.05) is 0 Å². The van der Waals surface area contributed by atoms with Crippen LogP contribution < -0.4 is 4.74 Å². The molecule has 1 saturated heterocycles. The molecule has 0 radical (unpaired) electrons. The monoisotopic (exact) mass is 312 g/mol. The van der Waals surface area contributed by atoms with E-state index in [0.717, 1.165) is 25.7 Å². The van der Waals surface area contributed by atoms with Crippen LogP contribution in [0.4, 0.5) is 13.6 Å². The largest absolute Gasteiger partial charge is 0.489 e. The first-order valence-corrected chi connectivity index (χ1v) is 7.36. The quantitative estimate of drug-likeness (QED) is 0.930. The summed E-state index contributed by atoms with van der Waals surface area (Å²) in [4.78, 5) is 16.0. The highest BCUT2D eigenvalue weighted by Crippen LogP contribution is 2.50. The highest BCUT2D eigenvalue weighted by Gasteiger charge is 2.47. The Morgan fingerprint density at radius 3 is 2.55 bits per heavy atom. The van der Waals surface area contributed by atoms with Crippen LogP contribution in [0, 0.1) is 5.41 Å². The van der Waals surface area contributed by atoms with E-state index >= 15 is 0 Å². The Morgan fingerprint density at radius 1 is 1.36 bits per heavy atom. The van der Waals surface area contributed by atoms with Gasteiger partial charge in [0.2, 0.25) is 0 Å². The Bertz CT molecular complexity index is 534. The van der Waals surface area contributed by atoms with E-state index in [-0.39, 0.29) is 17.2 Å². The van der Waals surface area contributed by atoms with E-state index in [1.165, 1.54) is 23.2 Å². The first kappa shape index (κ1) is 15.0. The number of carbonyl (C=O) groups is 1. The summed E-state index contributed by atoms with van der Waals surface area (Å²) in [7, 11) is 0. The fourth-order valence-electron chi connectivity index (χ4n) is 3.35. The minimum Gasteiger partial charge on any atom is -0.489 e. The second kappa shape index (κ2) is 5.70. The molecule has 0 aromatic carbocycles. The zero-order valence-corrected chi connectivity index (χ0v) is 12.0. The van der Waals surface area contributed by atoms with Crippen LogP contribution >= 0.6 is 0 Å². The third-order valence-electron chi connectivity index (χ3n) is 4.70. The molecule has 22 heavy (non-hydrogen) atoms. The Morgan fingerprint density at radius 2 is 2.05 bits per heavy atom. The average molecular weight is 312 g/mol. The van der Waals surface area contributed by atoms with Gasteiger partial charge in [0, 0.05) is 13.1 Å². The molecule has 120 valence electrons. The zero-order valence-electron chi connectivity index (χ0n) is 12.0. The Labute approximate surface area is 126 Å². The van der Waals surface area contributed by atoms with Crippen LogP contribution in [0.5, 0.6) is 5.75 Å². The number of rotatable bonds is 3. The van der Waals surface area contributed by atoms with Crippen molar-refractivity contribution < 1.29 is 23.4 Å². The van der Waals surface area contributed by atoms with Gasteiger partial charge in [-0.15, -0.1) is 0 Å². The van der Waals surface area contributed by atoms with Gasteiger partial charge in [-0.2, -0.15) is 0 Å². The van der Waals surface area contributed by atoms with Crippen molar-refractivity contribution in [3.05, 3.63) is 24.0 Å². The summed E-state index contributed by atoms with van der Waals surface area (Å²) in [5.41, 5.74) is -0.0640. The van der Waals surface area contributed by atoms with Gasteiger partial charge in [-0.3, -0.25) is 4.98 Å². The number of nitrogens with zero attached hydrogens (tertiary/aromatic N) is 2. The maximum atomic E-state index is 12.4. The fraction of sp³-hybridized carbons (Fsp3) is 0.600. The van der Waals surface area contributed by atoms with Crippen LogP contribution in [0.15, 0.2) is 18.3 Å². The van der Waals surface area contributed by atoms with Gasteiger partial charge in [0.15, 0.2) is 0 Å². The maximum absolute atomic E-state index is 12.4. The van der Waals surface area contributed by atoms with E-state index in [0.29, 0.717) is 18.8 Å². The van der Waals surface area contributed by atoms with E-state index in [2.05, 4.69) is 4.98 Å². The number of likely N-dealkylation sites (tertiary alicyclic amines) is 1. The summed E-state index contributed by atoms with van der Waals surface area (Å²) in [5.74, 6) is 0.507. The van der Waals surface area contributed by atoms with Crippen molar-refractivity contribution in [1.29, 1.82) is 0 Å². The molecule has 5 nitrogen and oxygen atoms in total. The van der Waals surface area contributed by atoms with Crippen LogP contribution in [-0.2, 0) is 0 Å². The van der Waals surface area contributed by atoms with Gasteiger partial charge in [0.1, 0.15) is 11.4 Å². The normalized spacial score (nSPS) is 21.0. The number of halogens is 2. The molecule has 1 N–H and O–H groups in total. The van der Waals surface area contributed by atoms with Gasteiger partial charge in [0.05, 0.1) is 12.3 Å². The highest BCUT2D eigenvalue weighted by atomic mass is 19.3. The lowest BCUT2D eigenvalue weighted by Gasteiger charge is -2.51. The van der Waals surface area contributed by atoms with Crippen LogP contribution in [0.3, 0.4) is 0 Å². The van der Waals surface area contributed by atoms with Crippen LogP contribution in [0.25, 0.3) is 0 Å². The lowest BCUT2D eigenvalue weighted by molar-refractivity contribution is -0.0516. The Kier molecular flexibility index (Phi) is 3.88. The van der Waals surface area contributed by atoms with E-state index < -0.39 is 12.5 Å². The first-order chi connectivity index (χ1) is 10.5. The molecule has 2 fully saturated rings. The summed E-state index contributed by atoms with van der Waals surface area (Å²) < 4.78 is 30.6. The van der Waals surface area contributed by atoms with Gasteiger partial charge >= 0.3 is 6.09 Å². The molecule has 1 spiro atoms. The molecule has 1 aliphatic carbocycles. The summed E-state index contributed by atoms with van der Waals surface area (Å²) >= 11 is 0. The molecule has 1 aromatic heterocycles. The van der Waals surface area contributed by atoms with Crippen LogP contribution in [0.1, 0.15) is 37.8 Å². The smallest absolute Gasteiger partial charge is 0.407 e. The average Bonchev–Trinajstić information content (AvgIpc) is 2.46. The highest BCUT2D eigenvalue weighted by molar-refractivity contribution is 5.65. The number of hydrogen-bond acceptors (Lipinski definition) is 3. The molecule has 1 aromatic rings. The Balaban J connectivity index is 1.49. The van der Waals surface area contributed by atoms with Crippen LogP contribution in [0.2, 0.25) is 0 Å². The van der Waals surface area contributed by atoms with E-state index in [4.69, 9.17) is 9.84 Å². The van der Waals surface area contributed by atoms with Crippen molar-refractivity contribution in [2.75, 3.05) is 13.1 Å². The summed E-state index contributed by atoms with van der Waals surface area (Å²) in [6, 6.07) is 2.80. The predicted molar refractivity (Wildman–Crippen MR) is 74.1 cm³/mol. The summed E-state index contributed by atoms with van der Waals surface area (Å²) in [6.07, 6.45) is 1.47. The van der Waals surface area contributed by atoms with Crippen LogP contribution in [-0.4, -0.2) is 40.3 Å². The number of amides is 1. The van der Waals surface area contributed by atoms with Gasteiger partial charge < -0.3 is 14.7 Å². The number of pyridine rings is 1. The summed E-state index contributed by atoms with van der Waals surface area (Å²) in [6.45, 7) is 1.15. The van der Waals surface area contributed by atoms with Gasteiger partial charge in [-0.1, -0.05) is 0 Å². The maximum Gasteiger partial charge on any atom is 0.407 e. The number of hydrogen-bond donors (Lipinski definition) is 1. The third-order valence-corrected chi connectivity index (χ3v) is 4.70.